The molecule has 5 nitrogen and oxygen atoms in total. The van der Waals surface area contributed by atoms with Crippen molar-refractivity contribution in [2.45, 2.75) is 52.9 Å². The number of cyclic esters (lactones) is 2. The van der Waals surface area contributed by atoms with E-state index in [2.05, 4.69) is 18.7 Å². The van der Waals surface area contributed by atoms with Gasteiger partial charge in [0, 0.05) is 20.4 Å². The molecule has 0 spiro atoms. The quantitative estimate of drug-likeness (QED) is 0.430. The number of carbonyl (C=O) groups excluding carboxylic acids is 2. The first-order valence-corrected chi connectivity index (χ1v) is 8.85. The highest BCUT2D eigenvalue weighted by molar-refractivity contribution is 6.18. The summed E-state index contributed by atoms with van der Waals surface area (Å²) in [6.45, 7) is 10.1. The van der Waals surface area contributed by atoms with Crippen LogP contribution in [-0.2, 0) is 25.6 Å². The standard InChI is InChI=1S/C20H27NO4/c1-5-7-12-21(6-2)14-16-11-9-8-10-15(16)13-17-18(22)24-20(3,4)25-19(17)23/h8-11,13H,5-7,12,14H2,1-4H3. The number of hydrogen-bond acceptors (Lipinski definition) is 5. The van der Waals surface area contributed by atoms with Gasteiger partial charge < -0.3 is 9.47 Å². The summed E-state index contributed by atoms with van der Waals surface area (Å²) in [6.07, 6.45) is 3.86. The fourth-order valence-corrected chi connectivity index (χ4v) is 2.72. The van der Waals surface area contributed by atoms with Gasteiger partial charge in [-0.3, -0.25) is 4.90 Å². The highest BCUT2D eigenvalue weighted by Crippen LogP contribution is 2.25. The predicted molar refractivity (Wildman–Crippen MR) is 96.5 cm³/mol. The molecular formula is C20H27NO4. The van der Waals surface area contributed by atoms with Crippen LogP contribution in [-0.4, -0.2) is 35.7 Å². The van der Waals surface area contributed by atoms with E-state index >= 15 is 0 Å². The van der Waals surface area contributed by atoms with Crippen LogP contribution in [0.15, 0.2) is 29.8 Å². The highest BCUT2D eigenvalue weighted by Gasteiger charge is 2.38. The number of nitrogens with zero attached hydrogens (tertiary/aromatic N) is 1. The average Bonchev–Trinajstić information content (AvgIpc) is 2.55. The van der Waals surface area contributed by atoms with Gasteiger partial charge >= 0.3 is 11.9 Å². The van der Waals surface area contributed by atoms with E-state index in [1.807, 2.05) is 24.3 Å². The molecule has 1 aromatic carbocycles. The molecule has 0 aliphatic carbocycles. The van der Waals surface area contributed by atoms with Gasteiger partial charge in [0.1, 0.15) is 5.57 Å². The summed E-state index contributed by atoms with van der Waals surface area (Å²) in [5.74, 6) is -2.51. The molecule has 1 fully saturated rings. The number of ether oxygens (including phenoxy) is 2. The smallest absolute Gasteiger partial charge is 0.348 e. The molecule has 1 saturated heterocycles. The number of esters is 2. The molecule has 1 heterocycles. The van der Waals surface area contributed by atoms with Crippen LogP contribution in [0.1, 0.15) is 51.7 Å². The van der Waals surface area contributed by atoms with Gasteiger partial charge in [-0.2, -0.15) is 0 Å². The van der Waals surface area contributed by atoms with E-state index in [9.17, 15) is 9.59 Å². The molecular weight excluding hydrogens is 318 g/mol. The van der Waals surface area contributed by atoms with Crippen LogP contribution < -0.4 is 0 Å². The van der Waals surface area contributed by atoms with Crippen molar-refractivity contribution >= 4 is 18.0 Å². The molecule has 1 aliphatic rings. The van der Waals surface area contributed by atoms with Crippen molar-refractivity contribution in [3.05, 3.63) is 41.0 Å². The summed E-state index contributed by atoms with van der Waals surface area (Å²) < 4.78 is 10.3. The Labute approximate surface area is 149 Å². The first kappa shape index (κ1) is 19.2. The van der Waals surface area contributed by atoms with Crippen molar-refractivity contribution in [1.29, 1.82) is 0 Å². The Bertz CT molecular complexity index is 641. The molecule has 25 heavy (non-hydrogen) atoms. The molecule has 0 unspecified atom stereocenters. The van der Waals surface area contributed by atoms with E-state index in [4.69, 9.17) is 9.47 Å². The van der Waals surface area contributed by atoms with E-state index in [-0.39, 0.29) is 5.57 Å². The number of hydrogen-bond donors (Lipinski definition) is 0. The largest absolute Gasteiger partial charge is 0.419 e. The van der Waals surface area contributed by atoms with Crippen molar-refractivity contribution in [2.24, 2.45) is 0 Å². The lowest BCUT2D eigenvalue weighted by molar-refractivity contribution is -0.222. The van der Waals surface area contributed by atoms with Crippen LogP contribution in [0.25, 0.3) is 6.08 Å². The Kier molecular flexibility index (Phi) is 6.37. The third-order valence-corrected chi connectivity index (χ3v) is 4.14. The second kappa shape index (κ2) is 8.30. The zero-order valence-electron chi connectivity index (χ0n) is 15.5. The summed E-state index contributed by atoms with van der Waals surface area (Å²) >= 11 is 0. The maximum Gasteiger partial charge on any atom is 0.348 e. The fourth-order valence-electron chi connectivity index (χ4n) is 2.72. The molecule has 1 aliphatic heterocycles. The minimum atomic E-state index is -1.22. The van der Waals surface area contributed by atoms with Crippen molar-refractivity contribution < 1.29 is 19.1 Å². The van der Waals surface area contributed by atoms with Crippen LogP contribution >= 0.6 is 0 Å². The average molecular weight is 345 g/mol. The molecule has 0 atom stereocenters. The lowest BCUT2D eigenvalue weighted by Crippen LogP contribution is -2.41. The van der Waals surface area contributed by atoms with Gasteiger partial charge in [-0.05, 0) is 36.7 Å². The maximum atomic E-state index is 12.2. The normalized spacial score (nSPS) is 16.6. The Morgan fingerprint density at radius 1 is 1.08 bits per heavy atom. The van der Waals surface area contributed by atoms with E-state index in [1.54, 1.807) is 19.9 Å². The zero-order valence-corrected chi connectivity index (χ0v) is 15.5. The monoisotopic (exact) mass is 345 g/mol. The molecule has 0 radical (unpaired) electrons. The molecule has 0 aromatic heterocycles. The van der Waals surface area contributed by atoms with Crippen LogP contribution in [0.2, 0.25) is 0 Å². The first-order chi connectivity index (χ1) is 11.9. The van der Waals surface area contributed by atoms with E-state index in [0.717, 1.165) is 43.6 Å². The second-order valence-corrected chi connectivity index (χ2v) is 6.66. The summed E-state index contributed by atoms with van der Waals surface area (Å²) in [7, 11) is 0. The minimum Gasteiger partial charge on any atom is -0.419 e. The van der Waals surface area contributed by atoms with Crippen LogP contribution in [0.5, 0.6) is 0 Å². The van der Waals surface area contributed by atoms with Gasteiger partial charge in [0.15, 0.2) is 0 Å². The highest BCUT2D eigenvalue weighted by atomic mass is 16.7. The van der Waals surface area contributed by atoms with Gasteiger partial charge in [0.25, 0.3) is 5.79 Å². The third kappa shape index (κ3) is 5.16. The SMILES string of the molecule is CCCCN(CC)Cc1ccccc1C=C1C(=O)OC(C)(C)OC1=O. The summed E-state index contributed by atoms with van der Waals surface area (Å²) in [5, 5.41) is 0. The van der Waals surface area contributed by atoms with Gasteiger partial charge in [0.2, 0.25) is 0 Å². The Morgan fingerprint density at radius 2 is 1.72 bits per heavy atom. The molecule has 0 bridgehead atoms. The van der Waals surface area contributed by atoms with Gasteiger partial charge in [-0.25, -0.2) is 9.59 Å². The molecule has 0 N–H and O–H groups in total. The molecule has 0 amide bonds. The predicted octanol–water partition coefficient (Wildman–Crippen LogP) is 3.53. The summed E-state index contributed by atoms with van der Waals surface area (Å²) in [6, 6.07) is 7.77. The van der Waals surface area contributed by atoms with Gasteiger partial charge in [-0.15, -0.1) is 0 Å². The van der Waals surface area contributed by atoms with E-state index in [1.165, 1.54) is 0 Å². The van der Waals surface area contributed by atoms with Gasteiger partial charge in [-0.1, -0.05) is 44.5 Å². The Morgan fingerprint density at radius 3 is 2.32 bits per heavy atom. The van der Waals surface area contributed by atoms with Crippen molar-refractivity contribution in [1.82, 2.24) is 4.90 Å². The Balaban J connectivity index is 2.25. The zero-order chi connectivity index (χ0) is 18.4. The van der Waals surface area contributed by atoms with Crippen LogP contribution in [0, 0.1) is 0 Å². The number of carbonyl (C=O) groups is 2. The first-order valence-electron chi connectivity index (χ1n) is 8.85. The number of benzene rings is 1. The van der Waals surface area contributed by atoms with Crippen molar-refractivity contribution in [2.75, 3.05) is 13.1 Å². The summed E-state index contributed by atoms with van der Waals surface area (Å²) in [5.41, 5.74) is 1.84. The molecule has 5 heteroatoms. The molecule has 136 valence electrons. The van der Waals surface area contributed by atoms with Crippen molar-refractivity contribution in [3.8, 4) is 0 Å². The van der Waals surface area contributed by atoms with Crippen molar-refractivity contribution in [3.63, 3.8) is 0 Å². The second-order valence-electron chi connectivity index (χ2n) is 6.66. The Hall–Kier alpha value is -2.14. The van der Waals surface area contributed by atoms with Crippen LogP contribution in [0.4, 0.5) is 0 Å². The molecule has 1 aromatic rings. The third-order valence-electron chi connectivity index (χ3n) is 4.14. The molecule has 0 saturated carbocycles. The lowest BCUT2D eigenvalue weighted by atomic mass is 10.0. The fraction of sp³-hybridized carbons (Fsp3) is 0.500. The molecule has 2 rings (SSSR count). The van der Waals surface area contributed by atoms with E-state index < -0.39 is 17.7 Å². The topological polar surface area (TPSA) is 55.8 Å². The van der Waals surface area contributed by atoms with Crippen LogP contribution in [0.3, 0.4) is 0 Å². The summed E-state index contributed by atoms with van der Waals surface area (Å²) in [4.78, 5) is 26.7. The minimum absolute atomic E-state index is 0.0663. The lowest BCUT2D eigenvalue weighted by Gasteiger charge is -2.30. The van der Waals surface area contributed by atoms with E-state index in [0.29, 0.717) is 0 Å². The maximum absolute atomic E-state index is 12.2. The number of rotatable bonds is 7. The van der Waals surface area contributed by atoms with Gasteiger partial charge in [0.05, 0.1) is 0 Å². The number of unbranched alkanes of at least 4 members (excludes halogenated alkanes) is 1.